The molecule has 0 amide bonds. The maximum Gasteiger partial charge on any atom is 0.307 e. The van der Waals surface area contributed by atoms with Gasteiger partial charge in [-0.2, -0.15) is 0 Å². The summed E-state index contributed by atoms with van der Waals surface area (Å²) in [5, 5.41) is 0. The molecule has 0 aliphatic rings. The number of hydrogen-bond acceptors (Lipinski definition) is 6. The number of ketones is 2. The van der Waals surface area contributed by atoms with E-state index in [1.54, 1.807) is 30.3 Å². The van der Waals surface area contributed by atoms with Crippen molar-refractivity contribution in [3.05, 3.63) is 65.7 Å². The smallest absolute Gasteiger partial charge is 0.307 e. The molecule has 0 aromatic heterocycles. The van der Waals surface area contributed by atoms with Crippen molar-refractivity contribution in [1.29, 1.82) is 0 Å². The van der Waals surface area contributed by atoms with Gasteiger partial charge in [-0.25, -0.2) is 13.1 Å². The van der Waals surface area contributed by atoms with E-state index in [1.165, 1.54) is 31.2 Å². The number of benzene rings is 2. The van der Waals surface area contributed by atoms with Gasteiger partial charge in [-0.3, -0.25) is 14.4 Å². The van der Waals surface area contributed by atoms with E-state index in [1.807, 2.05) is 0 Å². The van der Waals surface area contributed by atoms with Crippen LogP contribution >= 0.6 is 0 Å². The van der Waals surface area contributed by atoms with Gasteiger partial charge in [-0.05, 0) is 19.1 Å². The lowest BCUT2D eigenvalue weighted by atomic mass is 10.1. The molecule has 27 heavy (non-hydrogen) atoms. The molecule has 0 spiro atoms. The fraction of sp³-hybridized carbons (Fsp3) is 0.211. The van der Waals surface area contributed by atoms with Crippen molar-refractivity contribution in [3.8, 4) is 0 Å². The molecule has 2 aromatic carbocycles. The Morgan fingerprint density at radius 1 is 0.963 bits per heavy atom. The van der Waals surface area contributed by atoms with Gasteiger partial charge in [0.2, 0.25) is 10.0 Å². The zero-order valence-corrected chi connectivity index (χ0v) is 15.5. The molecule has 8 heteroatoms. The molecule has 0 heterocycles. The Balaban J connectivity index is 1.82. The summed E-state index contributed by atoms with van der Waals surface area (Å²) in [4.78, 5) is 34.8. The van der Waals surface area contributed by atoms with Crippen molar-refractivity contribution in [2.45, 2.75) is 18.2 Å². The van der Waals surface area contributed by atoms with Gasteiger partial charge in [0.05, 0.1) is 11.3 Å². The lowest BCUT2D eigenvalue weighted by Gasteiger charge is -2.08. The molecule has 0 atom stereocenters. The molecule has 0 radical (unpaired) electrons. The normalized spacial score (nSPS) is 11.0. The maximum absolute atomic E-state index is 12.2. The number of esters is 1. The highest BCUT2D eigenvalue weighted by molar-refractivity contribution is 7.89. The molecule has 0 bridgehead atoms. The lowest BCUT2D eigenvalue weighted by molar-refractivity contribution is -0.142. The second kappa shape index (κ2) is 9.20. The van der Waals surface area contributed by atoms with Crippen molar-refractivity contribution >= 4 is 27.6 Å². The summed E-state index contributed by atoms with van der Waals surface area (Å²) in [5.74, 6) is -1.29. The highest BCUT2D eigenvalue weighted by Crippen LogP contribution is 2.12. The molecule has 142 valence electrons. The molecule has 0 saturated carbocycles. The number of nitrogens with one attached hydrogen (secondary N) is 1. The zero-order chi connectivity index (χ0) is 19.9. The lowest BCUT2D eigenvalue weighted by Crippen LogP contribution is -2.27. The third-order valence-corrected chi connectivity index (χ3v) is 5.09. The van der Waals surface area contributed by atoms with Crippen LogP contribution in [-0.4, -0.2) is 39.1 Å². The Kier molecular flexibility index (Phi) is 6.98. The maximum atomic E-state index is 12.2. The van der Waals surface area contributed by atoms with E-state index < -0.39 is 22.6 Å². The highest BCUT2D eigenvalue weighted by atomic mass is 32.2. The summed E-state index contributed by atoms with van der Waals surface area (Å²) in [6.45, 7) is 0.743. The number of Topliss-reactive ketones (excluding diaryl/α,β-unsaturated/α-hetero) is 2. The molecular formula is C19H19NO6S. The van der Waals surface area contributed by atoms with Gasteiger partial charge < -0.3 is 4.74 Å². The predicted molar refractivity (Wildman–Crippen MR) is 98.0 cm³/mol. The van der Waals surface area contributed by atoms with Crippen LogP contribution in [0, 0.1) is 0 Å². The van der Waals surface area contributed by atoms with Crippen molar-refractivity contribution in [2.24, 2.45) is 0 Å². The Morgan fingerprint density at radius 3 is 2.30 bits per heavy atom. The van der Waals surface area contributed by atoms with Crippen molar-refractivity contribution in [3.63, 3.8) is 0 Å². The SMILES string of the molecule is CC(=O)c1cccc(S(=O)(=O)NCCC(=O)OCC(=O)c2ccccc2)c1. The Morgan fingerprint density at radius 2 is 1.63 bits per heavy atom. The summed E-state index contributed by atoms with van der Waals surface area (Å²) < 4.78 is 31.6. The number of sulfonamides is 1. The summed E-state index contributed by atoms with van der Waals surface area (Å²) in [6, 6.07) is 14.0. The number of hydrogen-bond donors (Lipinski definition) is 1. The molecule has 0 aliphatic heterocycles. The topological polar surface area (TPSA) is 107 Å². The van der Waals surface area contributed by atoms with E-state index in [-0.39, 0.29) is 35.0 Å². The largest absolute Gasteiger partial charge is 0.457 e. The van der Waals surface area contributed by atoms with Crippen LogP contribution in [0.25, 0.3) is 0 Å². The minimum absolute atomic E-state index is 0.0668. The molecule has 0 unspecified atom stereocenters. The third kappa shape index (κ3) is 6.12. The average Bonchev–Trinajstić information content (AvgIpc) is 2.66. The van der Waals surface area contributed by atoms with Gasteiger partial charge in [0.25, 0.3) is 0 Å². The fourth-order valence-corrected chi connectivity index (χ4v) is 3.26. The number of rotatable bonds is 9. The summed E-state index contributed by atoms with van der Waals surface area (Å²) >= 11 is 0. The molecule has 0 fully saturated rings. The summed E-state index contributed by atoms with van der Waals surface area (Å²) in [6.07, 6.45) is -0.228. The van der Waals surface area contributed by atoms with Crippen molar-refractivity contribution in [2.75, 3.05) is 13.2 Å². The van der Waals surface area contributed by atoms with E-state index in [0.717, 1.165) is 0 Å². The minimum atomic E-state index is -3.86. The van der Waals surface area contributed by atoms with Crippen LogP contribution in [-0.2, 0) is 19.6 Å². The quantitative estimate of drug-likeness (QED) is 0.519. The molecule has 2 rings (SSSR count). The Labute approximate surface area is 157 Å². The van der Waals surface area contributed by atoms with E-state index in [9.17, 15) is 22.8 Å². The first kappa shape index (κ1) is 20.5. The van der Waals surface area contributed by atoms with Crippen molar-refractivity contribution < 1.29 is 27.5 Å². The van der Waals surface area contributed by atoms with Crippen LogP contribution in [0.4, 0.5) is 0 Å². The number of carbonyl (C=O) groups excluding carboxylic acids is 3. The first-order chi connectivity index (χ1) is 12.8. The van der Waals surface area contributed by atoms with E-state index in [4.69, 9.17) is 4.74 Å². The van der Waals surface area contributed by atoms with E-state index in [0.29, 0.717) is 5.56 Å². The average molecular weight is 389 g/mol. The fourth-order valence-electron chi connectivity index (χ4n) is 2.18. The molecular weight excluding hydrogens is 370 g/mol. The van der Waals surface area contributed by atoms with Crippen LogP contribution in [0.15, 0.2) is 59.5 Å². The molecule has 2 aromatic rings. The van der Waals surface area contributed by atoms with Crippen LogP contribution in [0.5, 0.6) is 0 Å². The van der Waals surface area contributed by atoms with Crippen LogP contribution < -0.4 is 4.72 Å². The Bertz CT molecular complexity index is 938. The number of ether oxygens (including phenoxy) is 1. The second-order valence-corrected chi connectivity index (χ2v) is 7.45. The number of carbonyl (C=O) groups is 3. The van der Waals surface area contributed by atoms with Gasteiger partial charge in [0.1, 0.15) is 0 Å². The van der Waals surface area contributed by atoms with Crippen LogP contribution in [0.3, 0.4) is 0 Å². The molecule has 0 saturated heterocycles. The highest BCUT2D eigenvalue weighted by Gasteiger charge is 2.16. The van der Waals surface area contributed by atoms with Gasteiger partial charge >= 0.3 is 5.97 Å². The third-order valence-electron chi connectivity index (χ3n) is 3.63. The van der Waals surface area contributed by atoms with Gasteiger partial charge in [0, 0.05) is 17.7 Å². The summed E-state index contributed by atoms with van der Waals surface area (Å²) in [5.41, 5.74) is 0.702. The first-order valence-electron chi connectivity index (χ1n) is 8.14. The van der Waals surface area contributed by atoms with Gasteiger partial charge in [-0.1, -0.05) is 42.5 Å². The van der Waals surface area contributed by atoms with E-state index >= 15 is 0 Å². The van der Waals surface area contributed by atoms with Crippen LogP contribution in [0.2, 0.25) is 0 Å². The Hall–Kier alpha value is -2.84. The first-order valence-corrected chi connectivity index (χ1v) is 9.62. The van der Waals surface area contributed by atoms with Gasteiger partial charge in [-0.15, -0.1) is 0 Å². The monoisotopic (exact) mass is 389 g/mol. The molecule has 1 N–H and O–H groups in total. The molecule has 7 nitrogen and oxygen atoms in total. The minimum Gasteiger partial charge on any atom is -0.457 e. The molecule has 0 aliphatic carbocycles. The summed E-state index contributed by atoms with van der Waals surface area (Å²) in [7, 11) is -3.86. The van der Waals surface area contributed by atoms with Crippen molar-refractivity contribution in [1.82, 2.24) is 4.72 Å². The predicted octanol–water partition coefficient (Wildman–Crippen LogP) is 1.98. The van der Waals surface area contributed by atoms with E-state index in [2.05, 4.69) is 4.72 Å². The van der Waals surface area contributed by atoms with Crippen LogP contribution in [0.1, 0.15) is 34.1 Å². The van der Waals surface area contributed by atoms with Gasteiger partial charge in [0.15, 0.2) is 18.2 Å². The standard InChI is InChI=1S/C19H19NO6S/c1-14(21)16-8-5-9-17(12-16)27(24,25)20-11-10-19(23)26-13-18(22)15-6-3-2-4-7-15/h2-9,12,20H,10-11,13H2,1H3. The zero-order valence-electron chi connectivity index (χ0n) is 14.7. The second-order valence-electron chi connectivity index (χ2n) is 5.68.